The monoisotopic (exact) mass is 304 g/mol. The van der Waals surface area contributed by atoms with Crippen molar-refractivity contribution < 1.29 is 8.42 Å². The van der Waals surface area contributed by atoms with Gasteiger partial charge in [0.1, 0.15) is 0 Å². The number of hydrogen-bond donors (Lipinski definition) is 1. The molecule has 120 valence electrons. The molecule has 0 saturated carbocycles. The van der Waals surface area contributed by atoms with E-state index in [1.807, 2.05) is 0 Å². The molecule has 20 heavy (non-hydrogen) atoms. The molecular formula is C15H32N2O2S. The summed E-state index contributed by atoms with van der Waals surface area (Å²) in [6, 6.07) is 0. The van der Waals surface area contributed by atoms with Gasteiger partial charge in [-0.3, -0.25) is 0 Å². The van der Waals surface area contributed by atoms with E-state index in [-0.39, 0.29) is 0 Å². The van der Waals surface area contributed by atoms with Gasteiger partial charge in [0.2, 0.25) is 10.0 Å². The van der Waals surface area contributed by atoms with Gasteiger partial charge in [-0.05, 0) is 44.2 Å². The predicted octanol–water partition coefficient (Wildman–Crippen LogP) is 2.61. The van der Waals surface area contributed by atoms with E-state index in [9.17, 15) is 8.42 Å². The Balaban J connectivity index is 2.39. The van der Waals surface area contributed by atoms with E-state index >= 15 is 0 Å². The van der Waals surface area contributed by atoms with E-state index < -0.39 is 10.0 Å². The lowest BCUT2D eigenvalue weighted by atomic mass is 9.75. The Morgan fingerprint density at radius 3 is 2.15 bits per heavy atom. The lowest BCUT2D eigenvalue weighted by molar-refractivity contribution is 0.141. The van der Waals surface area contributed by atoms with Gasteiger partial charge in [0.15, 0.2) is 0 Å². The summed E-state index contributed by atoms with van der Waals surface area (Å²) in [5, 5.41) is 3.23. The van der Waals surface area contributed by atoms with Crippen LogP contribution in [0.2, 0.25) is 0 Å². The second kappa shape index (κ2) is 8.35. The maximum Gasteiger partial charge on any atom is 0.214 e. The fourth-order valence-corrected chi connectivity index (χ4v) is 4.60. The Morgan fingerprint density at radius 1 is 1.05 bits per heavy atom. The van der Waals surface area contributed by atoms with Gasteiger partial charge in [-0.25, -0.2) is 12.7 Å². The van der Waals surface area contributed by atoms with E-state index in [4.69, 9.17) is 0 Å². The van der Waals surface area contributed by atoms with Crippen molar-refractivity contribution in [3.8, 4) is 0 Å². The fraction of sp³-hybridized carbons (Fsp3) is 1.00. The molecular weight excluding hydrogens is 272 g/mol. The Labute approximate surface area is 125 Å². The van der Waals surface area contributed by atoms with Gasteiger partial charge in [0.25, 0.3) is 0 Å². The van der Waals surface area contributed by atoms with Gasteiger partial charge in [-0.1, -0.05) is 33.6 Å². The third-order valence-electron chi connectivity index (χ3n) is 4.93. The first-order chi connectivity index (χ1) is 9.49. The van der Waals surface area contributed by atoms with Crippen molar-refractivity contribution >= 4 is 10.0 Å². The van der Waals surface area contributed by atoms with Crippen LogP contribution < -0.4 is 5.32 Å². The van der Waals surface area contributed by atoms with Gasteiger partial charge in [0, 0.05) is 13.1 Å². The van der Waals surface area contributed by atoms with Crippen LogP contribution in [0.25, 0.3) is 0 Å². The van der Waals surface area contributed by atoms with E-state index in [2.05, 4.69) is 26.1 Å². The van der Waals surface area contributed by atoms with E-state index in [1.165, 1.54) is 12.8 Å². The summed E-state index contributed by atoms with van der Waals surface area (Å²) >= 11 is 0. The standard InChI is InChI=1S/C15H32N2O2S/c1-4-15(5-2)9-12-17(13-10-15)20(18,19)14-8-7-11-16-6-3/h16H,4-14H2,1-3H3. The molecule has 1 N–H and O–H groups in total. The minimum Gasteiger partial charge on any atom is -0.317 e. The zero-order chi connectivity index (χ0) is 15.1. The summed E-state index contributed by atoms with van der Waals surface area (Å²) in [4.78, 5) is 0. The quantitative estimate of drug-likeness (QED) is 0.666. The van der Waals surface area contributed by atoms with Crippen molar-refractivity contribution in [3.05, 3.63) is 0 Å². The predicted molar refractivity (Wildman–Crippen MR) is 85.4 cm³/mol. The van der Waals surface area contributed by atoms with Crippen LogP contribution in [0.15, 0.2) is 0 Å². The first-order valence-corrected chi connectivity index (χ1v) is 9.79. The van der Waals surface area contributed by atoms with Crippen molar-refractivity contribution in [1.82, 2.24) is 9.62 Å². The minimum atomic E-state index is -3.03. The molecule has 0 spiro atoms. The molecule has 0 aromatic carbocycles. The SMILES string of the molecule is CCNCCCCS(=O)(=O)N1CCC(CC)(CC)CC1. The zero-order valence-electron chi connectivity index (χ0n) is 13.5. The second-order valence-corrected chi connectivity index (χ2v) is 8.07. The maximum atomic E-state index is 12.3. The van der Waals surface area contributed by atoms with Gasteiger partial charge >= 0.3 is 0 Å². The fourth-order valence-electron chi connectivity index (χ4n) is 3.04. The molecule has 0 unspecified atom stereocenters. The first-order valence-electron chi connectivity index (χ1n) is 8.18. The molecule has 0 radical (unpaired) electrons. The molecule has 1 saturated heterocycles. The molecule has 1 fully saturated rings. The van der Waals surface area contributed by atoms with Gasteiger partial charge < -0.3 is 5.32 Å². The van der Waals surface area contributed by atoms with Crippen molar-refractivity contribution in [1.29, 1.82) is 0 Å². The van der Waals surface area contributed by atoms with Crippen LogP contribution in [-0.4, -0.2) is 44.7 Å². The summed E-state index contributed by atoms with van der Waals surface area (Å²) < 4.78 is 26.3. The van der Waals surface area contributed by atoms with Crippen LogP contribution in [0.3, 0.4) is 0 Å². The average Bonchev–Trinajstić information content (AvgIpc) is 2.47. The van der Waals surface area contributed by atoms with Crippen LogP contribution in [0, 0.1) is 5.41 Å². The Kier molecular flexibility index (Phi) is 7.48. The average molecular weight is 305 g/mol. The molecule has 0 aliphatic carbocycles. The number of nitrogens with zero attached hydrogens (tertiary/aromatic N) is 1. The lowest BCUT2D eigenvalue weighted by Crippen LogP contribution is -2.43. The highest BCUT2D eigenvalue weighted by atomic mass is 32.2. The van der Waals surface area contributed by atoms with Crippen LogP contribution in [-0.2, 0) is 10.0 Å². The van der Waals surface area contributed by atoms with Crippen molar-refractivity contribution in [2.45, 2.75) is 59.3 Å². The molecule has 5 heteroatoms. The Morgan fingerprint density at radius 2 is 1.65 bits per heavy atom. The van der Waals surface area contributed by atoms with Crippen LogP contribution >= 0.6 is 0 Å². The molecule has 0 atom stereocenters. The van der Waals surface area contributed by atoms with Crippen LogP contribution in [0.1, 0.15) is 59.3 Å². The van der Waals surface area contributed by atoms with Gasteiger partial charge in [-0.15, -0.1) is 0 Å². The number of nitrogens with one attached hydrogen (secondary N) is 1. The third-order valence-corrected chi connectivity index (χ3v) is 6.89. The minimum absolute atomic E-state index is 0.309. The summed E-state index contributed by atoms with van der Waals surface area (Å²) in [6.07, 6.45) is 6.08. The van der Waals surface area contributed by atoms with E-state index in [0.29, 0.717) is 11.2 Å². The molecule has 4 nitrogen and oxygen atoms in total. The molecule has 1 aliphatic heterocycles. The summed E-state index contributed by atoms with van der Waals surface area (Å²) in [5.74, 6) is 0.309. The molecule has 1 heterocycles. The smallest absolute Gasteiger partial charge is 0.214 e. The van der Waals surface area contributed by atoms with Crippen molar-refractivity contribution in [2.75, 3.05) is 31.9 Å². The highest BCUT2D eigenvalue weighted by molar-refractivity contribution is 7.89. The van der Waals surface area contributed by atoms with Gasteiger partial charge in [-0.2, -0.15) is 0 Å². The van der Waals surface area contributed by atoms with Crippen LogP contribution in [0.5, 0.6) is 0 Å². The lowest BCUT2D eigenvalue weighted by Gasteiger charge is -2.40. The Bertz CT molecular complexity index is 354. The highest BCUT2D eigenvalue weighted by Crippen LogP contribution is 2.38. The van der Waals surface area contributed by atoms with Crippen molar-refractivity contribution in [2.24, 2.45) is 5.41 Å². The summed E-state index contributed by atoms with van der Waals surface area (Å²) in [5.41, 5.74) is 0.386. The highest BCUT2D eigenvalue weighted by Gasteiger charge is 2.35. The molecule has 0 bridgehead atoms. The van der Waals surface area contributed by atoms with Gasteiger partial charge in [0.05, 0.1) is 5.75 Å². The molecule has 0 aromatic rings. The number of piperidine rings is 1. The van der Waals surface area contributed by atoms with Crippen molar-refractivity contribution in [3.63, 3.8) is 0 Å². The molecule has 0 aromatic heterocycles. The first kappa shape index (κ1) is 17.9. The number of sulfonamides is 1. The summed E-state index contributed by atoms with van der Waals surface area (Å²) in [6.45, 7) is 9.84. The topological polar surface area (TPSA) is 49.4 Å². The maximum absolute atomic E-state index is 12.3. The third kappa shape index (κ3) is 5.01. The molecule has 1 rings (SSSR count). The normalized spacial score (nSPS) is 20.1. The van der Waals surface area contributed by atoms with E-state index in [0.717, 1.165) is 51.9 Å². The Hall–Kier alpha value is -0.130. The second-order valence-electron chi connectivity index (χ2n) is 5.98. The van der Waals surface area contributed by atoms with Crippen LogP contribution in [0.4, 0.5) is 0 Å². The summed E-state index contributed by atoms with van der Waals surface area (Å²) in [7, 11) is -3.03. The zero-order valence-corrected chi connectivity index (χ0v) is 14.3. The largest absolute Gasteiger partial charge is 0.317 e. The molecule has 0 amide bonds. The molecule has 1 aliphatic rings. The number of unbranched alkanes of at least 4 members (excludes halogenated alkanes) is 1. The number of hydrogen-bond acceptors (Lipinski definition) is 3. The number of rotatable bonds is 9. The van der Waals surface area contributed by atoms with E-state index in [1.54, 1.807) is 4.31 Å².